The van der Waals surface area contributed by atoms with E-state index >= 15 is 0 Å². The van der Waals surface area contributed by atoms with E-state index in [1.54, 1.807) is 41.3 Å². The Balaban J connectivity index is 1.84. The van der Waals surface area contributed by atoms with Crippen molar-refractivity contribution in [2.24, 2.45) is 18.6 Å². The summed E-state index contributed by atoms with van der Waals surface area (Å²) in [5, 5.41) is 17.9. The van der Waals surface area contributed by atoms with Gasteiger partial charge in [-0.05, 0) is 63.1 Å². The van der Waals surface area contributed by atoms with Crippen LogP contribution in [-0.4, -0.2) is 15.7 Å². The Morgan fingerprint density at radius 3 is 2.61 bits per heavy atom. The van der Waals surface area contributed by atoms with E-state index in [1.165, 1.54) is 5.01 Å². The fraction of sp³-hybridized carbons (Fsp3) is 0.240. The molecule has 0 spiro atoms. The fourth-order valence-electron chi connectivity index (χ4n) is 3.35. The summed E-state index contributed by atoms with van der Waals surface area (Å²) < 4.78 is 1.74. The summed E-state index contributed by atoms with van der Waals surface area (Å²) in [4.78, 5) is 12.9. The van der Waals surface area contributed by atoms with Crippen LogP contribution in [0.4, 0.5) is 11.4 Å². The molecule has 0 saturated carbocycles. The van der Waals surface area contributed by atoms with E-state index in [0.29, 0.717) is 22.6 Å². The van der Waals surface area contributed by atoms with Gasteiger partial charge in [0.2, 0.25) is 0 Å². The first kappa shape index (κ1) is 23.6. The van der Waals surface area contributed by atoms with Crippen LogP contribution in [0.5, 0.6) is 0 Å². The number of aryl methyl sites for hydroxylation is 2. The van der Waals surface area contributed by atoms with Gasteiger partial charge in [0.1, 0.15) is 0 Å². The van der Waals surface area contributed by atoms with Crippen molar-refractivity contribution in [3.05, 3.63) is 82.8 Å². The first-order valence-electron chi connectivity index (χ1n) is 10.5. The topological polar surface area (TPSA) is 126 Å². The van der Waals surface area contributed by atoms with Crippen molar-refractivity contribution in [1.82, 2.24) is 9.78 Å². The average Bonchev–Trinajstić information content (AvgIpc) is 3.13. The summed E-state index contributed by atoms with van der Waals surface area (Å²) in [7, 11) is 1.85. The third kappa shape index (κ3) is 5.05. The van der Waals surface area contributed by atoms with Crippen LogP contribution in [0.15, 0.2) is 54.9 Å². The minimum absolute atomic E-state index is 0.273. The van der Waals surface area contributed by atoms with Crippen LogP contribution >= 0.6 is 0 Å². The number of nitriles is 1. The molecule has 0 aliphatic heterocycles. The number of anilines is 2. The van der Waals surface area contributed by atoms with E-state index in [-0.39, 0.29) is 5.91 Å². The quantitative estimate of drug-likeness (QED) is 0.394. The number of amides is 1. The van der Waals surface area contributed by atoms with E-state index < -0.39 is 5.41 Å². The lowest BCUT2D eigenvalue weighted by atomic mass is 9.85. The second-order valence-electron chi connectivity index (χ2n) is 8.53. The summed E-state index contributed by atoms with van der Waals surface area (Å²) in [5.74, 6) is 6.02. The van der Waals surface area contributed by atoms with Crippen molar-refractivity contribution in [1.29, 1.82) is 5.26 Å². The highest BCUT2D eigenvalue weighted by Crippen LogP contribution is 2.26. The van der Waals surface area contributed by atoms with Gasteiger partial charge >= 0.3 is 0 Å². The number of carbonyl (C=O) groups excluding carboxylic acids is 1. The van der Waals surface area contributed by atoms with Gasteiger partial charge in [0, 0.05) is 35.8 Å². The Morgan fingerprint density at radius 1 is 1.24 bits per heavy atom. The first-order valence-corrected chi connectivity index (χ1v) is 10.5. The van der Waals surface area contributed by atoms with Crippen LogP contribution < -0.4 is 21.9 Å². The summed E-state index contributed by atoms with van der Waals surface area (Å²) in [6.45, 7) is 7.49. The molecule has 0 bridgehead atoms. The third-order valence-electron chi connectivity index (χ3n) is 5.70. The van der Waals surface area contributed by atoms with Crippen LogP contribution in [0.3, 0.4) is 0 Å². The van der Waals surface area contributed by atoms with Gasteiger partial charge in [-0.3, -0.25) is 14.5 Å². The molecule has 33 heavy (non-hydrogen) atoms. The minimum atomic E-state index is -0.688. The molecule has 5 N–H and O–H groups in total. The molecule has 3 aromatic rings. The van der Waals surface area contributed by atoms with E-state index in [2.05, 4.69) is 16.5 Å². The zero-order valence-electron chi connectivity index (χ0n) is 19.5. The molecule has 0 fully saturated rings. The van der Waals surface area contributed by atoms with Gasteiger partial charge in [0.25, 0.3) is 5.91 Å². The summed E-state index contributed by atoms with van der Waals surface area (Å²) >= 11 is 0. The molecule has 8 nitrogen and oxygen atoms in total. The second-order valence-corrected chi connectivity index (χ2v) is 8.53. The number of rotatable bonds is 6. The minimum Gasteiger partial charge on any atom is -0.397 e. The predicted octanol–water partition coefficient (Wildman–Crippen LogP) is 3.73. The lowest BCUT2D eigenvalue weighted by Gasteiger charge is -2.19. The zero-order valence-corrected chi connectivity index (χ0v) is 19.5. The lowest BCUT2D eigenvalue weighted by molar-refractivity contribution is 0.102. The Bertz CT molecular complexity index is 1260. The summed E-state index contributed by atoms with van der Waals surface area (Å²) in [6.07, 6.45) is 3.33. The number of nitrogens with one attached hydrogen (secondary N) is 1. The van der Waals surface area contributed by atoms with Crippen LogP contribution in [0.1, 0.15) is 46.6 Å². The van der Waals surface area contributed by atoms with Gasteiger partial charge in [0.15, 0.2) is 0 Å². The van der Waals surface area contributed by atoms with E-state index in [1.807, 2.05) is 52.9 Å². The standard InChI is InChI=1S/C25H29N7O/c1-16-9-10-20(30-24(33)18-7-6-8-19(11-18)25(3,4)15-26)12-23(16)32(28)14-22(27)21-13-29-31(5)17(21)2/h6-14H,27-28H2,1-5H3,(H,30,33)/b22-14-. The summed E-state index contributed by atoms with van der Waals surface area (Å²) in [5.41, 5.74) is 11.2. The molecule has 1 amide bonds. The average molecular weight is 444 g/mol. The highest BCUT2D eigenvalue weighted by atomic mass is 16.1. The number of carbonyl (C=O) groups is 1. The van der Waals surface area contributed by atoms with Crippen molar-refractivity contribution in [3.63, 3.8) is 0 Å². The number of hydrazine groups is 1. The Kier molecular flexibility index (Phi) is 6.56. The maximum absolute atomic E-state index is 12.9. The van der Waals surface area contributed by atoms with Crippen molar-refractivity contribution in [2.75, 3.05) is 10.3 Å². The Morgan fingerprint density at radius 2 is 1.97 bits per heavy atom. The molecule has 1 heterocycles. The van der Waals surface area contributed by atoms with E-state index in [4.69, 9.17) is 11.6 Å². The molecular formula is C25H29N7O. The van der Waals surface area contributed by atoms with Crippen molar-refractivity contribution < 1.29 is 4.79 Å². The largest absolute Gasteiger partial charge is 0.397 e. The number of nitrogens with zero attached hydrogens (tertiary/aromatic N) is 4. The second kappa shape index (κ2) is 9.18. The third-order valence-corrected chi connectivity index (χ3v) is 5.70. The molecule has 170 valence electrons. The van der Waals surface area contributed by atoms with Crippen molar-refractivity contribution in [3.8, 4) is 6.07 Å². The number of hydrogen-bond donors (Lipinski definition) is 3. The Labute approximate surface area is 194 Å². The number of hydrogen-bond acceptors (Lipinski definition) is 6. The maximum Gasteiger partial charge on any atom is 0.255 e. The molecule has 0 radical (unpaired) electrons. The van der Waals surface area contributed by atoms with Crippen LogP contribution in [0.25, 0.3) is 5.70 Å². The lowest BCUT2D eigenvalue weighted by Crippen LogP contribution is -2.26. The zero-order chi connectivity index (χ0) is 24.3. The van der Waals surface area contributed by atoms with E-state index in [9.17, 15) is 10.1 Å². The smallest absolute Gasteiger partial charge is 0.255 e. The fourth-order valence-corrected chi connectivity index (χ4v) is 3.35. The normalized spacial score (nSPS) is 11.7. The van der Waals surface area contributed by atoms with E-state index in [0.717, 1.165) is 22.4 Å². The molecule has 0 atom stereocenters. The van der Waals surface area contributed by atoms with Gasteiger partial charge in [-0.25, -0.2) is 5.84 Å². The number of benzene rings is 2. The molecule has 0 saturated heterocycles. The molecular weight excluding hydrogens is 414 g/mol. The van der Waals surface area contributed by atoms with Gasteiger partial charge in [-0.1, -0.05) is 18.2 Å². The molecule has 1 aromatic heterocycles. The summed E-state index contributed by atoms with van der Waals surface area (Å²) in [6, 6.07) is 14.8. The Hall–Kier alpha value is -4.09. The first-order chi connectivity index (χ1) is 15.5. The molecule has 2 aromatic carbocycles. The van der Waals surface area contributed by atoms with Gasteiger partial charge in [0.05, 0.1) is 29.1 Å². The van der Waals surface area contributed by atoms with Crippen LogP contribution in [0, 0.1) is 25.2 Å². The highest BCUT2D eigenvalue weighted by molar-refractivity contribution is 6.04. The molecule has 0 aliphatic carbocycles. The molecule has 3 rings (SSSR count). The SMILES string of the molecule is Cc1ccc(NC(=O)c2cccc(C(C)(C)C#N)c2)cc1N(N)/C=C(\N)c1cnn(C)c1C. The van der Waals surface area contributed by atoms with Gasteiger partial charge < -0.3 is 11.1 Å². The van der Waals surface area contributed by atoms with Crippen LogP contribution in [-0.2, 0) is 12.5 Å². The van der Waals surface area contributed by atoms with Crippen molar-refractivity contribution >= 4 is 23.0 Å². The van der Waals surface area contributed by atoms with Gasteiger partial charge in [-0.15, -0.1) is 0 Å². The van der Waals surface area contributed by atoms with Crippen LogP contribution in [0.2, 0.25) is 0 Å². The van der Waals surface area contributed by atoms with Gasteiger partial charge in [-0.2, -0.15) is 10.4 Å². The molecule has 0 aliphatic rings. The molecule has 8 heteroatoms. The monoisotopic (exact) mass is 443 g/mol. The molecule has 0 unspecified atom stereocenters. The predicted molar refractivity (Wildman–Crippen MR) is 131 cm³/mol. The maximum atomic E-state index is 12.9. The highest BCUT2D eigenvalue weighted by Gasteiger charge is 2.21. The van der Waals surface area contributed by atoms with Crippen molar-refractivity contribution in [2.45, 2.75) is 33.1 Å². The number of nitrogens with two attached hydrogens (primary N) is 2. The number of aromatic nitrogens is 2.